The summed E-state index contributed by atoms with van der Waals surface area (Å²) in [6.45, 7) is 0.761. The van der Waals surface area contributed by atoms with Crippen molar-refractivity contribution < 1.29 is 9.90 Å². The third kappa shape index (κ3) is 3.40. The van der Waals surface area contributed by atoms with Gasteiger partial charge in [-0.25, -0.2) is 9.78 Å². The Hall–Kier alpha value is -1.62. The predicted molar refractivity (Wildman–Crippen MR) is 53.3 cm³/mol. The molecule has 1 heterocycles. The molecule has 2 N–H and O–H groups in total. The van der Waals surface area contributed by atoms with Gasteiger partial charge in [-0.15, -0.1) is 0 Å². The van der Waals surface area contributed by atoms with E-state index in [-0.39, 0.29) is 0 Å². The molecule has 0 aliphatic rings. The minimum Gasteiger partial charge on any atom is -0.465 e. The van der Waals surface area contributed by atoms with Gasteiger partial charge in [0.25, 0.3) is 0 Å². The number of nitrogens with zero attached hydrogens (tertiary/aromatic N) is 2. The fourth-order valence-electron chi connectivity index (χ4n) is 1.12. The van der Waals surface area contributed by atoms with Crippen molar-refractivity contribution in [1.82, 2.24) is 9.88 Å². The van der Waals surface area contributed by atoms with Crippen LogP contribution in [0, 0.1) is 0 Å². The molecule has 0 saturated carbocycles. The zero-order valence-electron chi connectivity index (χ0n) is 8.19. The molecule has 0 unspecified atom stereocenters. The van der Waals surface area contributed by atoms with Gasteiger partial charge in [0.1, 0.15) is 5.82 Å². The van der Waals surface area contributed by atoms with Crippen molar-refractivity contribution in [1.29, 1.82) is 0 Å². The Labute approximate surface area is 82.4 Å². The van der Waals surface area contributed by atoms with Crippen LogP contribution < -0.4 is 5.32 Å². The lowest BCUT2D eigenvalue weighted by Crippen LogP contribution is -2.12. The van der Waals surface area contributed by atoms with Gasteiger partial charge in [0, 0.05) is 12.7 Å². The Morgan fingerprint density at radius 1 is 1.64 bits per heavy atom. The average Bonchev–Trinajstić information content (AvgIpc) is 2.01. The van der Waals surface area contributed by atoms with Gasteiger partial charge in [0.15, 0.2) is 0 Å². The number of amides is 1. The van der Waals surface area contributed by atoms with Crippen LogP contribution in [-0.2, 0) is 6.54 Å². The Morgan fingerprint density at radius 2 is 2.36 bits per heavy atom. The van der Waals surface area contributed by atoms with Crippen LogP contribution in [0.2, 0.25) is 0 Å². The summed E-state index contributed by atoms with van der Waals surface area (Å²) in [4.78, 5) is 16.2. The van der Waals surface area contributed by atoms with Crippen LogP contribution in [0.5, 0.6) is 0 Å². The second kappa shape index (κ2) is 4.57. The van der Waals surface area contributed by atoms with Gasteiger partial charge in [-0.1, -0.05) is 0 Å². The maximum absolute atomic E-state index is 10.3. The van der Waals surface area contributed by atoms with E-state index < -0.39 is 6.09 Å². The number of nitrogens with one attached hydrogen (secondary N) is 1. The molecule has 1 amide bonds. The van der Waals surface area contributed by atoms with Crippen molar-refractivity contribution in [2.75, 3.05) is 19.4 Å². The number of hydrogen-bond acceptors (Lipinski definition) is 3. The second-order valence-corrected chi connectivity index (χ2v) is 3.22. The quantitative estimate of drug-likeness (QED) is 0.761. The van der Waals surface area contributed by atoms with E-state index in [4.69, 9.17) is 5.11 Å². The summed E-state index contributed by atoms with van der Waals surface area (Å²) < 4.78 is 0. The number of carboxylic acid groups (broad SMARTS) is 1. The lowest BCUT2D eigenvalue weighted by Gasteiger charge is -2.09. The van der Waals surface area contributed by atoms with E-state index in [2.05, 4.69) is 10.3 Å². The van der Waals surface area contributed by atoms with Crippen molar-refractivity contribution in [2.24, 2.45) is 0 Å². The SMILES string of the molecule is CN(C)Cc1ccnc(NC(=O)O)c1. The molecule has 0 aliphatic heterocycles. The van der Waals surface area contributed by atoms with Gasteiger partial charge in [0.05, 0.1) is 0 Å². The highest BCUT2D eigenvalue weighted by Crippen LogP contribution is 2.07. The van der Waals surface area contributed by atoms with Crippen LogP contribution in [0.4, 0.5) is 10.6 Å². The summed E-state index contributed by atoms with van der Waals surface area (Å²) >= 11 is 0. The lowest BCUT2D eigenvalue weighted by molar-refractivity contribution is 0.209. The van der Waals surface area contributed by atoms with E-state index >= 15 is 0 Å². The molecule has 0 bridgehead atoms. The molecule has 0 aromatic carbocycles. The summed E-state index contributed by atoms with van der Waals surface area (Å²) in [6, 6.07) is 3.57. The van der Waals surface area contributed by atoms with Gasteiger partial charge < -0.3 is 10.0 Å². The van der Waals surface area contributed by atoms with E-state index in [0.29, 0.717) is 5.82 Å². The highest BCUT2D eigenvalue weighted by atomic mass is 16.4. The van der Waals surface area contributed by atoms with Crippen LogP contribution >= 0.6 is 0 Å². The van der Waals surface area contributed by atoms with Crippen LogP contribution in [0.15, 0.2) is 18.3 Å². The van der Waals surface area contributed by atoms with Crippen LogP contribution in [-0.4, -0.2) is 35.2 Å². The highest BCUT2D eigenvalue weighted by Gasteiger charge is 2.01. The molecule has 14 heavy (non-hydrogen) atoms. The summed E-state index contributed by atoms with van der Waals surface area (Å²) in [5, 5.41) is 10.7. The zero-order chi connectivity index (χ0) is 10.6. The third-order valence-corrected chi connectivity index (χ3v) is 1.56. The maximum atomic E-state index is 10.3. The van der Waals surface area contributed by atoms with E-state index in [1.54, 1.807) is 12.3 Å². The van der Waals surface area contributed by atoms with Crippen LogP contribution in [0.3, 0.4) is 0 Å². The monoisotopic (exact) mass is 195 g/mol. The third-order valence-electron chi connectivity index (χ3n) is 1.56. The molecule has 5 heteroatoms. The highest BCUT2D eigenvalue weighted by molar-refractivity contribution is 5.81. The molecular weight excluding hydrogens is 182 g/mol. The number of pyridine rings is 1. The zero-order valence-corrected chi connectivity index (χ0v) is 8.19. The number of rotatable bonds is 3. The summed E-state index contributed by atoms with van der Waals surface area (Å²) in [5.74, 6) is 0.358. The molecule has 0 atom stereocenters. The number of aromatic nitrogens is 1. The average molecular weight is 195 g/mol. The molecule has 1 rings (SSSR count). The van der Waals surface area contributed by atoms with E-state index in [1.165, 1.54) is 0 Å². The maximum Gasteiger partial charge on any atom is 0.410 e. The Bertz CT molecular complexity index is 326. The van der Waals surface area contributed by atoms with Crippen molar-refractivity contribution >= 4 is 11.9 Å². The Morgan fingerprint density at radius 3 is 2.93 bits per heavy atom. The molecule has 76 valence electrons. The molecule has 5 nitrogen and oxygen atoms in total. The molecule has 0 fully saturated rings. The minimum atomic E-state index is -1.10. The molecule has 0 spiro atoms. The summed E-state index contributed by atoms with van der Waals surface area (Å²) in [6.07, 6.45) is 0.490. The number of carbonyl (C=O) groups is 1. The predicted octanol–water partition coefficient (Wildman–Crippen LogP) is 1.23. The van der Waals surface area contributed by atoms with Crippen molar-refractivity contribution in [3.63, 3.8) is 0 Å². The molecule has 0 saturated heterocycles. The standard InChI is InChI=1S/C9H13N3O2/c1-12(2)6-7-3-4-10-8(5-7)11-9(13)14/h3-5H,6H2,1-2H3,(H,10,11)(H,13,14). The number of anilines is 1. The molecule has 0 aliphatic carbocycles. The van der Waals surface area contributed by atoms with Gasteiger partial charge >= 0.3 is 6.09 Å². The largest absolute Gasteiger partial charge is 0.465 e. The second-order valence-electron chi connectivity index (χ2n) is 3.22. The van der Waals surface area contributed by atoms with Crippen molar-refractivity contribution in [3.05, 3.63) is 23.9 Å². The van der Waals surface area contributed by atoms with Gasteiger partial charge in [-0.05, 0) is 31.8 Å². The van der Waals surface area contributed by atoms with Gasteiger partial charge in [-0.2, -0.15) is 0 Å². The Kier molecular flexibility index (Phi) is 3.41. The van der Waals surface area contributed by atoms with E-state index in [0.717, 1.165) is 12.1 Å². The number of hydrogen-bond donors (Lipinski definition) is 2. The van der Waals surface area contributed by atoms with Crippen LogP contribution in [0.1, 0.15) is 5.56 Å². The summed E-state index contributed by atoms with van der Waals surface area (Å²) in [7, 11) is 3.90. The van der Waals surface area contributed by atoms with Crippen molar-refractivity contribution in [3.8, 4) is 0 Å². The first-order valence-electron chi connectivity index (χ1n) is 4.17. The first-order valence-corrected chi connectivity index (χ1v) is 4.17. The fraction of sp³-hybridized carbons (Fsp3) is 0.333. The van der Waals surface area contributed by atoms with Gasteiger partial charge in [-0.3, -0.25) is 5.32 Å². The van der Waals surface area contributed by atoms with E-state index in [1.807, 2.05) is 25.1 Å². The first kappa shape index (κ1) is 10.5. The van der Waals surface area contributed by atoms with Gasteiger partial charge in [0.2, 0.25) is 0 Å². The fourth-order valence-corrected chi connectivity index (χ4v) is 1.12. The van der Waals surface area contributed by atoms with E-state index in [9.17, 15) is 4.79 Å². The normalized spacial score (nSPS) is 10.2. The Balaban J connectivity index is 2.73. The molecule has 0 radical (unpaired) electrons. The molecule has 1 aromatic heterocycles. The molecular formula is C9H13N3O2. The van der Waals surface area contributed by atoms with Crippen LogP contribution in [0.25, 0.3) is 0 Å². The topological polar surface area (TPSA) is 65.5 Å². The molecule has 1 aromatic rings. The van der Waals surface area contributed by atoms with Crippen molar-refractivity contribution in [2.45, 2.75) is 6.54 Å². The summed E-state index contributed by atoms with van der Waals surface area (Å²) in [5.41, 5.74) is 1.02. The lowest BCUT2D eigenvalue weighted by atomic mass is 10.2. The first-order chi connectivity index (χ1) is 6.58. The minimum absolute atomic E-state index is 0.358. The smallest absolute Gasteiger partial charge is 0.410 e.